The van der Waals surface area contributed by atoms with E-state index in [0.717, 1.165) is 29.1 Å². The summed E-state index contributed by atoms with van der Waals surface area (Å²) in [5, 5.41) is 8.18. The molecule has 1 aliphatic heterocycles. The van der Waals surface area contributed by atoms with Gasteiger partial charge in [0.05, 0.1) is 6.54 Å². The molecule has 2 N–H and O–H groups in total. The highest BCUT2D eigenvalue weighted by molar-refractivity contribution is 7.09. The Morgan fingerprint density at radius 2 is 2.20 bits per heavy atom. The van der Waals surface area contributed by atoms with Crippen molar-refractivity contribution in [2.24, 2.45) is 0 Å². The van der Waals surface area contributed by atoms with Crippen LogP contribution in [0.15, 0.2) is 41.8 Å². The molecule has 3 rings (SSSR count). The Morgan fingerprint density at radius 1 is 1.32 bits per heavy atom. The fraction of sp³-hybridized carbons (Fsp3) is 0.368. The Morgan fingerprint density at radius 3 is 2.92 bits per heavy atom. The fourth-order valence-corrected chi connectivity index (χ4v) is 3.55. The van der Waals surface area contributed by atoms with E-state index in [1.165, 1.54) is 0 Å². The second kappa shape index (κ2) is 8.16. The van der Waals surface area contributed by atoms with E-state index < -0.39 is 0 Å². The Bertz CT molecular complexity index is 730. The van der Waals surface area contributed by atoms with E-state index in [9.17, 15) is 9.59 Å². The van der Waals surface area contributed by atoms with Crippen molar-refractivity contribution < 1.29 is 9.59 Å². The number of carbonyl (C=O) groups is 2. The van der Waals surface area contributed by atoms with Gasteiger partial charge in [-0.05, 0) is 42.5 Å². The molecule has 2 amide bonds. The third-order valence-electron chi connectivity index (χ3n) is 4.27. The average Bonchev–Trinajstić information content (AvgIpc) is 3.25. The monoisotopic (exact) mass is 357 g/mol. The zero-order valence-corrected chi connectivity index (χ0v) is 15.1. The van der Waals surface area contributed by atoms with E-state index in [4.69, 9.17) is 0 Å². The van der Waals surface area contributed by atoms with E-state index in [-0.39, 0.29) is 17.9 Å². The molecule has 25 heavy (non-hydrogen) atoms. The van der Waals surface area contributed by atoms with Crippen LogP contribution in [0.3, 0.4) is 0 Å². The largest absolute Gasteiger partial charge is 0.374 e. The molecule has 1 unspecified atom stereocenters. The average molecular weight is 357 g/mol. The molecule has 0 radical (unpaired) electrons. The zero-order valence-electron chi connectivity index (χ0n) is 14.3. The van der Waals surface area contributed by atoms with Gasteiger partial charge < -0.3 is 15.5 Å². The summed E-state index contributed by atoms with van der Waals surface area (Å²) in [5.74, 6) is 0.188. The van der Waals surface area contributed by atoms with Crippen molar-refractivity contribution in [2.45, 2.75) is 38.9 Å². The number of thiophene rings is 1. The highest BCUT2D eigenvalue weighted by Crippen LogP contribution is 2.17. The minimum absolute atomic E-state index is 0.0338. The molecule has 0 saturated carbocycles. The summed E-state index contributed by atoms with van der Waals surface area (Å²) in [6.07, 6.45) is 1.59. The minimum atomic E-state index is -0.330. The van der Waals surface area contributed by atoms with Crippen LogP contribution in [0.5, 0.6) is 0 Å². The molecule has 1 saturated heterocycles. The van der Waals surface area contributed by atoms with Crippen molar-refractivity contribution in [1.29, 1.82) is 0 Å². The molecular weight excluding hydrogens is 334 g/mol. The molecule has 1 aromatic carbocycles. The molecule has 1 aliphatic rings. The van der Waals surface area contributed by atoms with Gasteiger partial charge in [-0.3, -0.25) is 9.59 Å². The van der Waals surface area contributed by atoms with Crippen molar-refractivity contribution in [3.63, 3.8) is 0 Å². The first-order valence-electron chi connectivity index (χ1n) is 8.55. The van der Waals surface area contributed by atoms with Gasteiger partial charge in [-0.2, -0.15) is 0 Å². The maximum Gasteiger partial charge on any atom is 0.242 e. The van der Waals surface area contributed by atoms with Gasteiger partial charge in [0.2, 0.25) is 11.8 Å². The standard InChI is InChI=1S/C19H23N3O2S/c1-14(19(24)20-12-17-7-4-10-25-17)21-16-6-2-5-15(11-16)13-22-9-3-8-18(22)23/h2,4-7,10-11,14,21H,3,8-9,12-13H2,1H3,(H,20,24). The molecule has 2 heterocycles. The third kappa shape index (κ3) is 4.82. The van der Waals surface area contributed by atoms with E-state index in [1.54, 1.807) is 11.3 Å². The van der Waals surface area contributed by atoms with Gasteiger partial charge in [0.1, 0.15) is 6.04 Å². The lowest BCUT2D eigenvalue weighted by Crippen LogP contribution is -2.37. The Labute approximate surface area is 152 Å². The van der Waals surface area contributed by atoms with Gasteiger partial charge in [0, 0.05) is 30.1 Å². The summed E-state index contributed by atoms with van der Waals surface area (Å²) >= 11 is 1.63. The lowest BCUT2D eigenvalue weighted by molar-refractivity contribution is -0.128. The number of carbonyl (C=O) groups excluding carboxylic acids is 2. The van der Waals surface area contributed by atoms with Gasteiger partial charge in [0.25, 0.3) is 0 Å². The van der Waals surface area contributed by atoms with Crippen LogP contribution in [0, 0.1) is 0 Å². The van der Waals surface area contributed by atoms with Crippen LogP contribution in [0.4, 0.5) is 5.69 Å². The first-order valence-corrected chi connectivity index (χ1v) is 9.43. The predicted octanol–water partition coefficient (Wildman–Crippen LogP) is 2.99. The smallest absolute Gasteiger partial charge is 0.242 e. The molecule has 2 aromatic rings. The van der Waals surface area contributed by atoms with Crippen LogP contribution in [0.25, 0.3) is 0 Å². The number of nitrogens with one attached hydrogen (secondary N) is 2. The maximum atomic E-state index is 12.2. The number of hydrogen-bond acceptors (Lipinski definition) is 4. The van der Waals surface area contributed by atoms with Crippen LogP contribution in [0.1, 0.15) is 30.2 Å². The predicted molar refractivity (Wildman–Crippen MR) is 100 cm³/mol. The van der Waals surface area contributed by atoms with Crippen molar-refractivity contribution >= 4 is 28.8 Å². The van der Waals surface area contributed by atoms with Crippen LogP contribution in [-0.4, -0.2) is 29.3 Å². The number of rotatable bonds is 7. The second-order valence-corrected chi connectivity index (χ2v) is 7.31. The Balaban J connectivity index is 1.53. The van der Waals surface area contributed by atoms with E-state index in [0.29, 0.717) is 19.5 Å². The van der Waals surface area contributed by atoms with E-state index in [2.05, 4.69) is 10.6 Å². The maximum absolute atomic E-state index is 12.2. The lowest BCUT2D eigenvalue weighted by atomic mass is 10.1. The summed E-state index contributed by atoms with van der Waals surface area (Å²) in [5.41, 5.74) is 1.97. The lowest BCUT2D eigenvalue weighted by Gasteiger charge is -2.18. The van der Waals surface area contributed by atoms with Crippen LogP contribution in [0.2, 0.25) is 0 Å². The first-order chi connectivity index (χ1) is 12.1. The number of amides is 2. The van der Waals surface area contributed by atoms with Gasteiger partial charge in [-0.15, -0.1) is 11.3 Å². The van der Waals surface area contributed by atoms with E-state index >= 15 is 0 Å². The molecule has 6 heteroatoms. The number of anilines is 1. The highest BCUT2D eigenvalue weighted by atomic mass is 32.1. The molecular formula is C19H23N3O2S. The summed E-state index contributed by atoms with van der Waals surface area (Å²) in [6, 6.07) is 11.6. The van der Waals surface area contributed by atoms with Gasteiger partial charge in [0.15, 0.2) is 0 Å². The molecule has 5 nitrogen and oxygen atoms in total. The van der Waals surface area contributed by atoms with Gasteiger partial charge in [-0.25, -0.2) is 0 Å². The number of likely N-dealkylation sites (tertiary alicyclic amines) is 1. The van der Waals surface area contributed by atoms with Crippen molar-refractivity contribution in [2.75, 3.05) is 11.9 Å². The topological polar surface area (TPSA) is 61.4 Å². The minimum Gasteiger partial charge on any atom is -0.374 e. The number of hydrogen-bond donors (Lipinski definition) is 2. The fourth-order valence-electron chi connectivity index (χ4n) is 2.91. The normalized spacial score (nSPS) is 15.2. The molecule has 0 aliphatic carbocycles. The van der Waals surface area contributed by atoms with Gasteiger partial charge in [-0.1, -0.05) is 18.2 Å². The zero-order chi connectivity index (χ0) is 17.6. The Hall–Kier alpha value is -2.34. The second-order valence-electron chi connectivity index (χ2n) is 6.28. The van der Waals surface area contributed by atoms with Crippen LogP contribution in [-0.2, 0) is 22.7 Å². The molecule has 1 fully saturated rings. The summed E-state index contributed by atoms with van der Waals surface area (Å²) in [4.78, 5) is 27.0. The summed E-state index contributed by atoms with van der Waals surface area (Å²) in [6.45, 7) is 3.87. The quantitative estimate of drug-likeness (QED) is 0.801. The van der Waals surface area contributed by atoms with Crippen molar-refractivity contribution in [1.82, 2.24) is 10.2 Å². The van der Waals surface area contributed by atoms with Crippen molar-refractivity contribution in [3.8, 4) is 0 Å². The molecule has 0 spiro atoms. The molecule has 0 bridgehead atoms. The molecule has 1 atom stereocenters. The van der Waals surface area contributed by atoms with Crippen LogP contribution < -0.4 is 10.6 Å². The Kier molecular flexibility index (Phi) is 5.71. The van der Waals surface area contributed by atoms with Crippen molar-refractivity contribution in [3.05, 3.63) is 52.2 Å². The summed E-state index contributed by atoms with van der Waals surface area (Å²) < 4.78 is 0. The van der Waals surface area contributed by atoms with E-state index in [1.807, 2.05) is 53.6 Å². The highest BCUT2D eigenvalue weighted by Gasteiger charge is 2.20. The summed E-state index contributed by atoms with van der Waals surface area (Å²) in [7, 11) is 0. The SMILES string of the molecule is CC(Nc1cccc(CN2CCCC2=O)c1)C(=O)NCc1cccs1. The van der Waals surface area contributed by atoms with Crippen LogP contribution >= 0.6 is 11.3 Å². The number of benzene rings is 1. The molecule has 1 aromatic heterocycles. The number of nitrogens with zero attached hydrogens (tertiary/aromatic N) is 1. The molecule has 132 valence electrons. The first kappa shape index (κ1) is 17.5. The third-order valence-corrected chi connectivity index (χ3v) is 5.14. The van der Waals surface area contributed by atoms with Gasteiger partial charge >= 0.3 is 0 Å².